The van der Waals surface area contributed by atoms with Crippen molar-refractivity contribution < 1.29 is 64.3 Å². The van der Waals surface area contributed by atoms with Gasteiger partial charge in [0.15, 0.2) is 0 Å². The van der Waals surface area contributed by atoms with Crippen molar-refractivity contribution >= 4 is 6.98 Å². The first kappa shape index (κ1) is 13.5. The maximum atomic E-state index is 12.1. The molecule has 0 atom stereocenters. The predicted octanol–water partition coefficient (Wildman–Crippen LogP) is -0.747. The molecule has 1 aliphatic heterocycles. The first-order valence-electron chi connectivity index (χ1n) is 4.93. The van der Waals surface area contributed by atoms with Crippen molar-refractivity contribution in [2.24, 2.45) is 5.41 Å². The minimum atomic E-state index is -4.62. The Labute approximate surface area is 125 Å². The van der Waals surface area contributed by atoms with Crippen LogP contribution >= 0.6 is 0 Å². The zero-order chi connectivity index (χ0) is 9.53. The van der Waals surface area contributed by atoms with Gasteiger partial charge >= 0.3 is 58.4 Å². The van der Waals surface area contributed by atoms with E-state index >= 15 is 0 Å². The topological polar surface area (TPSA) is 3.24 Å². The van der Waals surface area contributed by atoms with E-state index in [4.69, 9.17) is 0 Å². The van der Waals surface area contributed by atoms with Crippen LogP contribution in [-0.4, -0.2) is 31.4 Å². The third-order valence-electron chi connectivity index (χ3n) is 3.16. The second-order valence-electron chi connectivity index (χ2n) is 4.55. The predicted molar refractivity (Wildman–Crippen MR) is 46.4 cm³/mol. The van der Waals surface area contributed by atoms with Crippen molar-refractivity contribution in [3.8, 4) is 0 Å². The van der Waals surface area contributed by atoms with Crippen molar-refractivity contribution in [3.63, 3.8) is 0 Å². The Morgan fingerprint density at radius 3 is 2.29 bits per heavy atom. The van der Waals surface area contributed by atoms with Gasteiger partial charge in [0, 0.05) is 6.54 Å². The molecule has 6 heteroatoms. The molecule has 1 heterocycles. The van der Waals surface area contributed by atoms with Crippen LogP contribution in [0.15, 0.2) is 0 Å². The molecule has 0 aromatic heterocycles. The van der Waals surface area contributed by atoms with E-state index in [0.29, 0.717) is 18.5 Å². The second-order valence-corrected chi connectivity index (χ2v) is 4.55. The van der Waals surface area contributed by atoms with Gasteiger partial charge in [-0.3, -0.25) is 0 Å². The molecule has 14 heavy (non-hydrogen) atoms. The molecule has 2 fully saturated rings. The molecule has 1 spiro atoms. The van der Waals surface area contributed by atoms with Crippen molar-refractivity contribution in [3.05, 3.63) is 0 Å². The zero-order valence-corrected chi connectivity index (χ0v) is 11.7. The summed E-state index contributed by atoms with van der Waals surface area (Å²) in [5, 5.41) is 0. The Balaban J connectivity index is 0.000000980. The summed E-state index contributed by atoms with van der Waals surface area (Å²) in [6.07, 6.45) is 3.74. The zero-order valence-electron chi connectivity index (χ0n) is 8.61. The number of rotatable bonds is 2. The summed E-state index contributed by atoms with van der Waals surface area (Å²) >= 11 is 0. The number of piperidine rings is 1. The molecule has 0 aromatic carbocycles. The van der Waals surface area contributed by atoms with E-state index in [1.54, 1.807) is 4.90 Å². The number of likely N-dealkylation sites (tertiary alicyclic amines) is 1. The molecule has 2 rings (SSSR count). The Hall–Kier alpha value is 1.45. The summed E-state index contributed by atoms with van der Waals surface area (Å²) < 4.78 is 36.4. The molecule has 0 aromatic rings. The summed E-state index contributed by atoms with van der Waals surface area (Å²) in [5.41, 5.74) is 0.305. The number of halogens is 3. The normalized spacial score (nSPS) is 25.9. The molecule has 1 nitrogen and oxygen atoms in total. The monoisotopic (exact) mass is 231 g/mol. The van der Waals surface area contributed by atoms with Gasteiger partial charge in [-0.25, -0.2) is 0 Å². The van der Waals surface area contributed by atoms with Gasteiger partial charge in [0.05, 0.1) is 0 Å². The van der Waals surface area contributed by atoms with E-state index in [1.807, 2.05) is 0 Å². The average Bonchev–Trinajstić information content (AvgIpc) is 2.65. The van der Waals surface area contributed by atoms with Gasteiger partial charge in [0.1, 0.15) is 0 Å². The molecule has 0 bridgehead atoms. The van der Waals surface area contributed by atoms with E-state index < -0.39 is 13.4 Å². The van der Waals surface area contributed by atoms with Crippen LogP contribution in [0.3, 0.4) is 0 Å². The molecular weight excluding hydrogens is 217 g/mol. The van der Waals surface area contributed by atoms with Crippen LogP contribution in [0, 0.1) is 5.41 Å². The van der Waals surface area contributed by atoms with Crippen molar-refractivity contribution in [2.45, 2.75) is 25.7 Å². The quantitative estimate of drug-likeness (QED) is 0.565. The van der Waals surface area contributed by atoms with Crippen LogP contribution in [-0.2, 0) is 0 Å². The fraction of sp³-hybridized carbons (Fsp3) is 1.00. The number of hydrogen-bond acceptors (Lipinski definition) is 1. The van der Waals surface area contributed by atoms with Crippen LogP contribution in [0.25, 0.3) is 0 Å². The smallest absolute Gasteiger partial charge is 0.448 e. The summed E-state index contributed by atoms with van der Waals surface area (Å²) in [7, 11) is 0. The molecule has 1 saturated heterocycles. The molecule has 0 amide bonds. The van der Waals surface area contributed by atoms with Crippen LogP contribution in [0.4, 0.5) is 12.9 Å². The molecule has 76 valence electrons. The molecule has 2 aliphatic rings. The van der Waals surface area contributed by atoms with E-state index in [-0.39, 0.29) is 51.4 Å². The van der Waals surface area contributed by atoms with Gasteiger partial charge in [0.2, 0.25) is 0 Å². The molecular formula is C8H14BF3KN. The molecule has 0 N–H and O–H groups in total. The molecule has 0 unspecified atom stereocenters. The van der Waals surface area contributed by atoms with Gasteiger partial charge in [0.25, 0.3) is 0 Å². The first-order valence-corrected chi connectivity index (χ1v) is 4.93. The van der Waals surface area contributed by atoms with E-state index in [9.17, 15) is 12.9 Å². The number of hydrogen-bond donors (Lipinski definition) is 0. The van der Waals surface area contributed by atoms with Crippen LogP contribution in [0.5, 0.6) is 0 Å². The van der Waals surface area contributed by atoms with Crippen LogP contribution in [0.2, 0.25) is 0 Å². The fourth-order valence-electron chi connectivity index (χ4n) is 2.34. The molecule has 1 aliphatic carbocycles. The fourth-order valence-corrected chi connectivity index (χ4v) is 2.34. The standard InChI is InChI=1S/C8H14BF3N.K/c10-9(11,12)7-13-5-1-2-8(6-13)3-4-8;/h1-7H2;/q-1;+1. The van der Waals surface area contributed by atoms with Crippen molar-refractivity contribution in [1.29, 1.82) is 0 Å². The van der Waals surface area contributed by atoms with E-state index in [0.717, 1.165) is 25.7 Å². The maximum absolute atomic E-state index is 12.1. The van der Waals surface area contributed by atoms with Gasteiger partial charge in [-0.15, -0.1) is 0 Å². The summed E-state index contributed by atoms with van der Waals surface area (Å²) in [6.45, 7) is -3.29. The average molecular weight is 231 g/mol. The van der Waals surface area contributed by atoms with E-state index in [1.165, 1.54) is 0 Å². The minimum Gasteiger partial charge on any atom is -0.448 e. The number of nitrogens with zero attached hydrogens (tertiary/aromatic N) is 1. The minimum absolute atomic E-state index is 0. The Morgan fingerprint density at radius 1 is 1.14 bits per heavy atom. The van der Waals surface area contributed by atoms with Crippen LogP contribution in [0.1, 0.15) is 25.7 Å². The van der Waals surface area contributed by atoms with Crippen LogP contribution < -0.4 is 51.4 Å². The second kappa shape index (κ2) is 4.75. The summed E-state index contributed by atoms with van der Waals surface area (Å²) in [6, 6.07) is 0. The third kappa shape index (κ3) is 3.79. The van der Waals surface area contributed by atoms with Gasteiger partial charge in [-0.2, -0.15) is 0 Å². The third-order valence-corrected chi connectivity index (χ3v) is 3.16. The molecule has 1 saturated carbocycles. The Kier molecular flexibility index (Phi) is 4.59. The van der Waals surface area contributed by atoms with Gasteiger partial charge in [-0.1, -0.05) is 0 Å². The van der Waals surface area contributed by atoms with Gasteiger partial charge in [-0.05, 0) is 44.1 Å². The largest absolute Gasteiger partial charge is 1.00 e. The van der Waals surface area contributed by atoms with Gasteiger partial charge < -0.3 is 17.8 Å². The Morgan fingerprint density at radius 2 is 1.79 bits per heavy atom. The SMILES string of the molecule is F[B-](F)(F)CN1CCCC2(CC2)C1.[K+]. The summed E-state index contributed by atoms with van der Waals surface area (Å²) in [4.78, 5) is 1.59. The maximum Gasteiger partial charge on any atom is 1.00 e. The van der Waals surface area contributed by atoms with Crippen molar-refractivity contribution in [2.75, 3.05) is 19.5 Å². The first-order chi connectivity index (χ1) is 5.99. The summed E-state index contributed by atoms with van der Waals surface area (Å²) in [5.74, 6) is 0. The molecule has 0 radical (unpaired) electrons. The Bertz CT molecular complexity index is 203. The van der Waals surface area contributed by atoms with Crippen molar-refractivity contribution in [1.82, 2.24) is 4.90 Å². The van der Waals surface area contributed by atoms with E-state index in [2.05, 4.69) is 0 Å².